The van der Waals surface area contributed by atoms with Crippen molar-refractivity contribution >= 4 is 49.4 Å². The maximum Gasteiger partial charge on any atom is 0.139 e. The summed E-state index contributed by atoms with van der Waals surface area (Å²) in [6.07, 6.45) is 1.86. The Morgan fingerprint density at radius 2 is 2.17 bits per heavy atom. The number of hydrogen-bond acceptors (Lipinski definition) is 0. The third-order valence-electron chi connectivity index (χ3n) is 1.67. The van der Waals surface area contributed by atoms with Crippen LogP contribution >= 0.6 is 38.5 Å². The van der Waals surface area contributed by atoms with Crippen molar-refractivity contribution in [2.45, 2.75) is 0 Å². The van der Waals surface area contributed by atoms with Crippen LogP contribution in [0.5, 0.6) is 0 Å². The van der Waals surface area contributed by atoms with Gasteiger partial charge in [0.2, 0.25) is 0 Å². The van der Waals surface area contributed by atoms with E-state index in [2.05, 4.69) is 43.5 Å². The number of nitrogens with one attached hydrogen (secondary N) is 1. The summed E-state index contributed by atoms with van der Waals surface area (Å²) in [5.41, 5.74) is 0.833. The van der Waals surface area contributed by atoms with Crippen LogP contribution in [-0.4, -0.2) is 4.98 Å². The maximum absolute atomic E-state index is 13.0. The molecule has 0 aliphatic carbocycles. The van der Waals surface area contributed by atoms with Gasteiger partial charge in [-0.1, -0.05) is 0 Å². The first-order valence-corrected chi connectivity index (χ1v) is 5.17. The van der Waals surface area contributed by atoms with Crippen LogP contribution in [0.3, 0.4) is 0 Å². The SMILES string of the molecule is Fc1cc2[nH]cc(I)c2cc1Br. The van der Waals surface area contributed by atoms with E-state index in [1.165, 1.54) is 6.07 Å². The van der Waals surface area contributed by atoms with Crippen LogP contribution < -0.4 is 0 Å². The van der Waals surface area contributed by atoms with Crippen LogP contribution in [0, 0.1) is 9.39 Å². The highest BCUT2D eigenvalue weighted by molar-refractivity contribution is 14.1. The highest BCUT2D eigenvalue weighted by Crippen LogP contribution is 2.26. The fraction of sp³-hybridized carbons (Fsp3) is 0. The van der Waals surface area contributed by atoms with E-state index in [-0.39, 0.29) is 5.82 Å². The third kappa shape index (κ3) is 1.26. The zero-order valence-corrected chi connectivity index (χ0v) is 9.61. The molecule has 62 valence electrons. The van der Waals surface area contributed by atoms with Gasteiger partial charge in [0.15, 0.2) is 0 Å². The fourth-order valence-corrected chi connectivity index (χ4v) is 2.03. The number of rotatable bonds is 0. The van der Waals surface area contributed by atoms with Crippen molar-refractivity contribution in [1.82, 2.24) is 4.98 Å². The average molecular weight is 340 g/mol. The fourth-order valence-electron chi connectivity index (χ4n) is 1.08. The molecule has 0 radical (unpaired) electrons. The molecule has 1 nitrogen and oxygen atoms in total. The number of aromatic nitrogens is 1. The van der Waals surface area contributed by atoms with Crippen molar-refractivity contribution in [3.05, 3.63) is 32.2 Å². The molecule has 0 unspecified atom stereocenters. The second-order valence-electron chi connectivity index (χ2n) is 2.45. The van der Waals surface area contributed by atoms with E-state index in [0.29, 0.717) is 4.47 Å². The van der Waals surface area contributed by atoms with Gasteiger partial charge in [0.05, 0.1) is 4.47 Å². The smallest absolute Gasteiger partial charge is 0.139 e. The Bertz CT molecular complexity index is 438. The number of aromatic amines is 1. The van der Waals surface area contributed by atoms with Crippen LogP contribution in [0.2, 0.25) is 0 Å². The normalized spacial score (nSPS) is 10.9. The minimum absolute atomic E-state index is 0.235. The van der Waals surface area contributed by atoms with Gasteiger partial charge in [-0.15, -0.1) is 0 Å². The molecule has 2 rings (SSSR count). The van der Waals surface area contributed by atoms with E-state index in [1.54, 1.807) is 6.07 Å². The van der Waals surface area contributed by atoms with Crippen molar-refractivity contribution in [1.29, 1.82) is 0 Å². The van der Waals surface area contributed by atoms with Gasteiger partial charge in [-0.2, -0.15) is 0 Å². The Morgan fingerprint density at radius 3 is 2.92 bits per heavy atom. The minimum Gasteiger partial charge on any atom is -0.360 e. The Hall–Kier alpha value is -0.100. The molecular formula is C8H4BrFIN. The second-order valence-corrected chi connectivity index (χ2v) is 4.47. The number of fused-ring (bicyclic) bond motifs is 1. The first-order chi connectivity index (χ1) is 5.68. The van der Waals surface area contributed by atoms with Crippen molar-refractivity contribution in [3.8, 4) is 0 Å². The molecule has 1 N–H and O–H groups in total. The number of benzene rings is 1. The maximum atomic E-state index is 13.0. The lowest BCUT2D eigenvalue weighted by atomic mass is 10.2. The van der Waals surface area contributed by atoms with E-state index in [9.17, 15) is 4.39 Å². The molecule has 0 bridgehead atoms. The van der Waals surface area contributed by atoms with Crippen LogP contribution in [0.25, 0.3) is 10.9 Å². The van der Waals surface area contributed by atoms with Crippen LogP contribution in [0.15, 0.2) is 22.8 Å². The summed E-state index contributed by atoms with van der Waals surface area (Å²) < 4.78 is 14.6. The summed E-state index contributed by atoms with van der Waals surface area (Å²) in [6, 6.07) is 3.27. The highest BCUT2D eigenvalue weighted by Gasteiger charge is 2.05. The molecule has 0 spiro atoms. The summed E-state index contributed by atoms with van der Waals surface area (Å²) in [5, 5.41) is 1.05. The lowest BCUT2D eigenvalue weighted by Crippen LogP contribution is -1.77. The van der Waals surface area contributed by atoms with Gasteiger partial charge in [0.1, 0.15) is 5.82 Å². The Labute approximate surface area is 90.6 Å². The van der Waals surface area contributed by atoms with E-state index in [4.69, 9.17) is 0 Å². The van der Waals surface area contributed by atoms with Gasteiger partial charge in [-0.25, -0.2) is 4.39 Å². The molecule has 0 aliphatic rings. The monoisotopic (exact) mass is 339 g/mol. The zero-order valence-electron chi connectivity index (χ0n) is 5.87. The number of hydrogen-bond donors (Lipinski definition) is 1. The van der Waals surface area contributed by atoms with E-state index >= 15 is 0 Å². The first-order valence-electron chi connectivity index (χ1n) is 3.30. The summed E-state index contributed by atoms with van der Waals surface area (Å²) in [6.45, 7) is 0. The number of H-pyrrole nitrogens is 1. The Balaban J connectivity index is 2.87. The molecule has 0 atom stereocenters. The Morgan fingerprint density at radius 1 is 1.42 bits per heavy atom. The summed E-state index contributed by atoms with van der Waals surface area (Å²) in [5.74, 6) is -0.235. The highest BCUT2D eigenvalue weighted by atomic mass is 127. The van der Waals surface area contributed by atoms with Gasteiger partial charge >= 0.3 is 0 Å². The van der Waals surface area contributed by atoms with Crippen molar-refractivity contribution in [3.63, 3.8) is 0 Å². The first kappa shape index (κ1) is 8.50. The molecule has 1 aromatic carbocycles. The largest absolute Gasteiger partial charge is 0.360 e. The molecule has 4 heteroatoms. The van der Waals surface area contributed by atoms with E-state index in [0.717, 1.165) is 14.5 Å². The Kier molecular flexibility index (Phi) is 2.12. The second kappa shape index (κ2) is 2.99. The van der Waals surface area contributed by atoms with Crippen molar-refractivity contribution in [2.24, 2.45) is 0 Å². The molecule has 12 heavy (non-hydrogen) atoms. The van der Waals surface area contributed by atoms with E-state index in [1.807, 2.05) is 6.20 Å². The van der Waals surface area contributed by atoms with Crippen LogP contribution in [0.4, 0.5) is 4.39 Å². The molecule has 0 amide bonds. The molecule has 0 saturated carbocycles. The minimum atomic E-state index is -0.235. The molecular weight excluding hydrogens is 336 g/mol. The average Bonchev–Trinajstić information content (AvgIpc) is 2.35. The van der Waals surface area contributed by atoms with Crippen LogP contribution in [-0.2, 0) is 0 Å². The van der Waals surface area contributed by atoms with Gasteiger partial charge in [0.25, 0.3) is 0 Å². The topological polar surface area (TPSA) is 15.8 Å². The molecule has 1 heterocycles. The summed E-state index contributed by atoms with van der Waals surface area (Å²) in [7, 11) is 0. The third-order valence-corrected chi connectivity index (χ3v) is 3.17. The summed E-state index contributed by atoms with van der Waals surface area (Å²) >= 11 is 5.35. The standard InChI is InChI=1S/C8H4BrFIN/c9-5-1-4-7(11)3-12-8(4)2-6(5)10/h1-3,12H. The predicted octanol–water partition coefficient (Wildman–Crippen LogP) is 3.67. The van der Waals surface area contributed by atoms with Crippen molar-refractivity contribution < 1.29 is 4.39 Å². The quantitative estimate of drug-likeness (QED) is 0.705. The van der Waals surface area contributed by atoms with E-state index < -0.39 is 0 Å². The van der Waals surface area contributed by atoms with Gasteiger partial charge < -0.3 is 4.98 Å². The molecule has 2 aromatic rings. The van der Waals surface area contributed by atoms with Crippen LogP contribution in [0.1, 0.15) is 0 Å². The zero-order chi connectivity index (χ0) is 8.72. The van der Waals surface area contributed by atoms with Gasteiger partial charge in [-0.05, 0) is 50.7 Å². The molecule has 0 aliphatic heterocycles. The number of halogens is 3. The molecule has 0 saturated heterocycles. The van der Waals surface area contributed by atoms with Crippen molar-refractivity contribution in [2.75, 3.05) is 0 Å². The molecule has 1 aromatic heterocycles. The lowest BCUT2D eigenvalue weighted by Gasteiger charge is -1.94. The lowest BCUT2D eigenvalue weighted by molar-refractivity contribution is 0.623. The van der Waals surface area contributed by atoms with Gasteiger partial charge in [0, 0.05) is 20.7 Å². The molecule has 0 fully saturated rings. The summed E-state index contributed by atoms with van der Waals surface area (Å²) in [4.78, 5) is 2.99. The predicted molar refractivity (Wildman–Crippen MR) is 58.7 cm³/mol. The van der Waals surface area contributed by atoms with Gasteiger partial charge in [-0.3, -0.25) is 0 Å².